The summed E-state index contributed by atoms with van der Waals surface area (Å²) in [5.41, 5.74) is 0.362. The average molecular weight is 301 g/mol. The Kier molecular flexibility index (Phi) is 4.13. The highest BCUT2D eigenvalue weighted by Gasteiger charge is 2.29. The Hall–Kier alpha value is -0.870. The van der Waals surface area contributed by atoms with Crippen molar-refractivity contribution < 1.29 is 8.78 Å². The summed E-state index contributed by atoms with van der Waals surface area (Å²) in [6, 6.07) is 2.58. The SMILES string of the molecule is Fc1cc(F)c(N2CCCN3CCCCC3C2)c(Cl)c1. The van der Waals surface area contributed by atoms with Crippen molar-refractivity contribution in [2.45, 2.75) is 31.7 Å². The zero-order valence-electron chi connectivity index (χ0n) is 11.4. The maximum atomic E-state index is 14.1. The van der Waals surface area contributed by atoms with Crippen LogP contribution in [0.15, 0.2) is 12.1 Å². The minimum absolute atomic E-state index is 0.173. The van der Waals surface area contributed by atoms with Gasteiger partial charge in [-0.2, -0.15) is 0 Å². The van der Waals surface area contributed by atoms with Gasteiger partial charge in [0.2, 0.25) is 0 Å². The van der Waals surface area contributed by atoms with Crippen LogP contribution in [0.1, 0.15) is 25.7 Å². The molecule has 1 aromatic carbocycles. The third-order valence-corrected chi connectivity index (χ3v) is 4.64. The van der Waals surface area contributed by atoms with E-state index in [2.05, 4.69) is 4.90 Å². The summed E-state index contributed by atoms with van der Waals surface area (Å²) >= 11 is 6.06. The fourth-order valence-electron chi connectivity index (χ4n) is 3.41. The molecule has 1 atom stereocenters. The molecule has 0 amide bonds. The van der Waals surface area contributed by atoms with E-state index in [9.17, 15) is 8.78 Å². The largest absolute Gasteiger partial charge is 0.366 e. The second-order valence-electron chi connectivity index (χ2n) is 5.70. The molecule has 0 spiro atoms. The molecule has 20 heavy (non-hydrogen) atoms. The lowest BCUT2D eigenvalue weighted by molar-refractivity contribution is 0.162. The molecule has 2 fully saturated rings. The van der Waals surface area contributed by atoms with Crippen LogP contribution in [0.3, 0.4) is 0 Å². The van der Waals surface area contributed by atoms with Gasteiger partial charge in [-0.05, 0) is 31.9 Å². The van der Waals surface area contributed by atoms with Crippen molar-refractivity contribution in [1.82, 2.24) is 4.90 Å². The Morgan fingerprint density at radius 1 is 1.05 bits per heavy atom. The summed E-state index contributed by atoms with van der Waals surface area (Å²) in [4.78, 5) is 4.49. The Morgan fingerprint density at radius 2 is 1.85 bits per heavy atom. The van der Waals surface area contributed by atoms with Gasteiger partial charge in [0.25, 0.3) is 0 Å². The summed E-state index contributed by atoms with van der Waals surface area (Å²) in [5, 5.41) is 0.173. The van der Waals surface area contributed by atoms with E-state index in [0.717, 1.165) is 45.1 Å². The number of benzene rings is 1. The summed E-state index contributed by atoms with van der Waals surface area (Å²) in [5.74, 6) is -1.18. The van der Waals surface area contributed by atoms with Gasteiger partial charge >= 0.3 is 0 Å². The van der Waals surface area contributed by atoms with E-state index in [1.54, 1.807) is 0 Å². The van der Waals surface area contributed by atoms with Gasteiger partial charge in [0, 0.05) is 31.7 Å². The van der Waals surface area contributed by atoms with Gasteiger partial charge < -0.3 is 4.90 Å². The van der Waals surface area contributed by atoms with Crippen molar-refractivity contribution in [3.05, 3.63) is 28.8 Å². The molecule has 0 bridgehead atoms. The van der Waals surface area contributed by atoms with Crippen LogP contribution in [0.5, 0.6) is 0 Å². The normalized spacial score (nSPS) is 24.4. The van der Waals surface area contributed by atoms with Gasteiger partial charge in [-0.1, -0.05) is 18.0 Å². The monoisotopic (exact) mass is 300 g/mol. The highest BCUT2D eigenvalue weighted by Crippen LogP contribution is 2.32. The predicted molar refractivity (Wildman–Crippen MR) is 77.4 cm³/mol. The summed E-state index contributed by atoms with van der Waals surface area (Å²) in [6.07, 6.45) is 4.62. The summed E-state index contributed by atoms with van der Waals surface area (Å²) < 4.78 is 27.2. The van der Waals surface area contributed by atoms with Crippen LogP contribution in [0.2, 0.25) is 5.02 Å². The first kappa shape index (κ1) is 14.1. The second kappa shape index (κ2) is 5.86. The molecule has 0 radical (unpaired) electrons. The van der Waals surface area contributed by atoms with Crippen LogP contribution >= 0.6 is 11.6 Å². The van der Waals surface area contributed by atoms with Crippen molar-refractivity contribution in [2.24, 2.45) is 0 Å². The number of piperidine rings is 1. The number of nitrogens with zero attached hydrogens (tertiary/aromatic N) is 2. The van der Waals surface area contributed by atoms with Crippen molar-refractivity contribution in [1.29, 1.82) is 0 Å². The first-order valence-corrected chi connectivity index (χ1v) is 7.66. The smallest absolute Gasteiger partial charge is 0.150 e. The molecule has 3 rings (SSSR count). The first-order chi connectivity index (χ1) is 9.65. The van der Waals surface area contributed by atoms with Crippen LogP contribution < -0.4 is 4.90 Å². The average Bonchev–Trinajstić information content (AvgIpc) is 2.59. The molecule has 2 aliphatic heterocycles. The van der Waals surface area contributed by atoms with Crippen molar-refractivity contribution in [2.75, 3.05) is 31.1 Å². The lowest BCUT2D eigenvalue weighted by Crippen LogP contribution is -2.44. The second-order valence-corrected chi connectivity index (χ2v) is 6.11. The Balaban J connectivity index is 1.86. The molecule has 0 aromatic heterocycles. The Morgan fingerprint density at radius 3 is 2.65 bits per heavy atom. The van der Waals surface area contributed by atoms with E-state index in [4.69, 9.17) is 11.6 Å². The third-order valence-electron chi connectivity index (χ3n) is 4.35. The zero-order chi connectivity index (χ0) is 14.1. The lowest BCUT2D eigenvalue weighted by atomic mass is 10.0. The van der Waals surface area contributed by atoms with Crippen LogP contribution in [-0.2, 0) is 0 Å². The van der Waals surface area contributed by atoms with Gasteiger partial charge in [0.1, 0.15) is 5.82 Å². The van der Waals surface area contributed by atoms with E-state index in [0.29, 0.717) is 11.7 Å². The molecule has 2 aliphatic rings. The summed E-state index contributed by atoms with van der Waals surface area (Å²) in [7, 11) is 0. The highest BCUT2D eigenvalue weighted by molar-refractivity contribution is 6.33. The maximum Gasteiger partial charge on any atom is 0.150 e. The highest BCUT2D eigenvalue weighted by atomic mass is 35.5. The number of hydrogen-bond donors (Lipinski definition) is 0. The number of anilines is 1. The molecule has 1 aromatic rings. The van der Waals surface area contributed by atoms with Gasteiger partial charge in [0.05, 0.1) is 10.7 Å². The van der Waals surface area contributed by atoms with E-state index in [1.165, 1.54) is 18.9 Å². The minimum Gasteiger partial charge on any atom is -0.366 e. The van der Waals surface area contributed by atoms with Gasteiger partial charge in [0.15, 0.2) is 5.82 Å². The van der Waals surface area contributed by atoms with E-state index in [1.807, 2.05) is 4.90 Å². The molecule has 5 heteroatoms. The Bertz CT molecular complexity index is 472. The van der Waals surface area contributed by atoms with Gasteiger partial charge in [-0.3, -0.25) is 4.90 Å². The van der Waals surface area contributed by atoms with Crippen LogP contribution in [0.25, 0.3) is 0 Å². The van der Waals surface area contributed by atoms with Crippen molar-refractivity contribution >= 4 is 17.3 Å². The third kappa shape index (κ3) is 2.77. The maximum absolute atomic E-state index is 14.1. The van der Waals surface area contributed by atoms with Gasteiger partial charge in [-0.25, -0.2) is 8.78 Å². The molecule has 2 nitrogen and oxygen atoms in total. The molecule has 2 saturated heterocycles. The fourth-order valence-corrected chi connectivity index (χ4v) is 3.73. The molecule has 0 aliphatic carbocycles. The molecule has 110 valence electrons. The number of hydrogen-bond acceptors (Lipinski definition) is 2. The molecule has 1 unspecified atom stereocenters. The fraction of sp³-hybridized carbons (Fsp3) is 0.600. The topological polar surface area (TPSA) is 6.48 Å². The number of rotatable bonds is 1. The predicted octanol–water partition coefficient (Wildman–Crippen LogP) is 3.68. The summed E-state index contributed by atoms with van der Waals surface area (Å²) in [6.45, 7) is 3.75. The lowest BCUT2D eigenvalue weighted by Gasteiger charge is -2.36. The van der Waals surface area contributed by atoms with E-state index in [-0.39, 0.29) is 5.02 Å². The van der Waals surface area contributed by atoms with Crippen molar-refractivity contribution in [3.63, 3.8) is 0 Å². The zero-order valence-corrected chi connectivity index (χ0v) is 12.2. The van der Waals surface area contributed by atoms with E-state index >= 15 is 0 Å². The van der Waals surface area contributed by atoms with Crippen LogP contribution in [0.4, 0.5) is 14.5 Å². The molecular formula is C15H19ClF2N2. The van der Waals surface area contributed by atoms with Crippen molar-refractivity contribution in [3.8, 4) is 0 Å². The minimum atomic E-state index is -0.620. The number of fused-ring (bicyclic) bond motifs is 1. The quantitative estimate of drug-likeness (QED) is 0.780. The molecule has 0 saturated carbocycles. The molecule has 0 N–H and O–H groups in total. The Labute approximate surface area is 123 Å². The molecule has 2 heterocycles. The van der Waals surface area contributed by atoms with Crippen LogP contribution in [0, 0.1) is 11.6 Å². The molecular weight excluding hydrogens is 282 g/mol. The van der Waals surface area contributed by atoms with E-state index < -0.39 is 11.6 Å². The first-order valence-electron chi connectivity index (χ1n) is 7.28. The van der Waals surface area contributed by atoms with Crippen LogP contribution in [-0.4, -0.2) is 37.1 Å². The van der Waals surface area contributed by atoms with Gasteiger partial charge in [-0.15, -0.1) is 0 Å². The number of halogens is 3. The standard InChI is InChI=1S/C15H19ClF2N2/c16-13-8-11(17)9-14(18)15(13)20-7-3-6-19-5-2-1-4-12(19)10-20/h8-9,12H,1-7,10H2.